The molecule has 3 nitrogen and oxygen atoms in total. The molecule has 0 aliphatic heterocycles. The Kier molecular flexibility index (Phi) is 18.9. The molecule has 0 aliphatic carbocycles. The molecule has 0 heterocycles. The number of ketones is 1. The van der Waals surface area contributed by atoms with Crippen LogP contribution in [0.25, 0.3) is 0 Å². The van der Waals surface area contributed by atoms with E-state index in [1.165, 1.54) is 75.5 Å². The highest BCUT2D eigenvalue weighted by molar-refractivity contribution is 5.99. The molecular formula is C25H42O3. The summed E-state index contributed by atoms with van der Waals surface area (Å²) in [6, 6.07) is 0. The molecule has 28 heavy (non-hydrogen) atoms. The lowest BCUT2D eigenvalue weighted by Crippen LogP contribution is -2.01. The Morgan fingerprint density at radius 2 is 1.21 bits per heavy atom. The number of hydrogen-bond donors (Lipinski definition) is 0. The number of allylic oxidation sites excluding steroid dienone is 3. The predicted molar refractivity (Wildman–Crippen MR) is 119 cm³/mol. The van der Waals surface area contributed by atoms with E-state index in [-0.39, 0.29) is 11.8 Å². The van der Waals surface area contributed by atoms with E-state index in [9.17, 15) is 9.59 Å². The minimum Gasteiger partial charge on any atom is -0.463 e. The second-order valence-corrected chi connectivity index (χ2v) is 7.52. The molecule has 0 amide bonds. The minimum atomic E-state index is -0.339. The van der Waals surface area contributed by atoms with Gasteiger partial charge in [0.15, 0.2) is 5.78 Å². The van der Waals surface area contributed by atoms with Crippen LogP contribution in [0.15, 0.2) is 37.0 Å². The second-order valence-electron chi connectivity index (χ2n) is 7.52. The Labute approximate surface area is 173 Å². The number of rotatable bonds is 20. The van der Waals surface area contributed by atoms with Crippen LogP contribution in [0.2, 0.25) is 0 Å². The molecule has 0 radical (unpaired) electrons. The first-order valence-electron chi connectivity index (χ1n) is 11.3. The molecule has 0 saturated heterocycles. The van der Waals surface area contributed by atoms with Crippen LogP contribution >= 0.6 is 0 Å². The number of carbonyl (C=O) groups is 2. The third kappa shape index (κ3) is 17.8. The van der Waals surface area contributed by atoms with Crippen LogP contribution in [0, 0.1) is 0 Å². The van der Waals surface area contributed by atoms with Crippen LogP contribution in [0.3, 0.4) is 0 Å². The first kappa shape index (κ1) is 26.4. The maximum atomic E-state index is 11.7. The number of esters is 1. The fourth-order valence-corrected chi connectivity index (χ4v) is 3.23. The molecule has 160 valence electrons. The van der Waals surface area contributed by atoms with Gasteiger partial charge >= 0.3 is 5.97 Å². The molecule has 0 aromatic heterocycles. The quantitative estimate of drug-likeness (QED) is 0.125. The molecule has 0 atom stereocenters. The second kappa shape index (κ2) is 20.1. The van der Waals surface area contributed by atoms with Crippen molar-refractivity contribution in [1.29, 1.82) is 0 Å². The summed E-state index contributed by atoms with van der Waals surface area (Å²) in [6.07, 6.45) is 22.2. The van der Waals surface area contributed by atoms with Crippen molar-refractivity contribution in [3.05, 3.63) is 37.0 Å². The van der Waals surface area contributed by atoms with E-state index in [4.69, 9.17) is 4.74 Å². The number of hydrogen-bond acceptors (Lipinski definition) is 3. The first-order chi connectivity index (χ1) is 13.6. The van der Waals surface area contributed by atoms with Gasteiger partial charge in [-0.05, 0) is 44.3 Å². The summed E-state index contributed by atoms with van der Waals surface area (Å²) in [5.41, 5.74) is 1.29. The van der Waals surface area contributed by atoms with Crippen molar-refractivity contribution in [3.63, 3.8) is 0 Å². The van der Waals surface area contributed by atoms with Crippen LogP contribution in [0.4, 0.5) is 0 Å². The van der Waals surface area contributed by atoms with Crippen molar-refractivity contribution in [1.82, 2.24) is 0 Å². The Bertz CT molecular complexity index is 462. The van der Waals surface area contributed by atoms with E-state index >= 15 is 0 Å². The zero-order chi connectivity index (χ0) is 20.9. The average molecular weight is 391 g/mol. The van der Waals surface area contributed by atoms with Gasteiger partial charge < -0.3 is 4.74 Å². The first-order valence-corrected chi connectivity index (χ1v) is 11.3. The molecule has 0 aromatic rings. The lowest BCUT2D eigenvalue weighted by atomic mass is 9.98. The smallest absolute Gasteiger partial charge is 0.330 e. The van der Waals surface area contributed by atoms with Gasteiger partial charge in [0, 0.05) is 6.08 Å². The molecule has 0 spiro atoms. The highest BCUT2D eigenvalue weighted by Gasteiger charge is 2.02. The van der Waals surface area contributed by atoms with Crippen molar-refractivity contribution < 1.29 is 14.3 Å². The molecule has 0 N–H and O–H groups in total. The van der Waals surface area contributed by atoms with Crippen LogP contribution in [0.5, 0.6) is 0 Å². The SMILES string of the molecule is C=CC(=O)/C=C(\CCCCCCCCC)CCCCCCCCOC(=O)C=C. The summed E-state index contributed by atoms with van der Waals surface area (Å²) in [7, 11) is 0. The van der Waals surface area contributed by atoms with Gasteiger partial charge in [-0.15, -0.1) is 0 Å². The van der Waals surface area contributed by atoms with Gasteiger partial charge in [0.25, 0.3) is 0 Å². The van der Waals surface area contributed by atoms with E-state index in [1.54, 1.807) is 6.08 Å². The highest BCUT2D eigenvalue weighted by atomic mass is 16.5. The standard InChI is InChI=1S/C25H42O3/c1-4-7-8-9-10-13-16-19-23(22-24(26)5-2)20-17-14-11-12-15-18-21-28-25(27)6-3/h5-6,22H,2-4,7-21H2,1H3/b23-22+. The fraction of sp³-hybridized carbons (Fsp3) is 0.680. The van der Waals surface area contributed by atoms with Gasteiger partial charge in [-0.2, -0.15) is 0 Å². The summed E-state index contributed by atoms with van der Waals surface area (Å²) in [5.74, 6) is -0.304. The van der Waals surface area contributed by atoms with E-state index in [0.717, 1.165) is 38.5 Å². The van der Waals surface area contributed by atoms with Gasteiger partial charge in [-0.3, -0.25) is 4.79 Å². The largest absolute Gasteiger partial charge is 0.463 e. The van der Waals surface area contributed by atoms with Crippen molar-refractivity contribution in [3.8, 4) is 0 Å². The summed E-state index contributed by atoms with van der Waals surface area (Å²) in [5, 5.41) is 0. The molecule has 0 unspecified atom stereocenters. The van der Waals surface area contributed by atoms with Crippen LogP contribution in [0.1, 0.15) is 103 Å². The molecule has 0 aromatic carbocycles. The Morgan fingerprint density at radius 1 is 0.714 bits per heavy atom. The van der Waals surface area contributed by atoms with Crippen LogP contribution < -0.4 is 0 Å². The van der Waals surface area contributed by atoms with Crippen molar-refractivity contribution >= 4 is 11.8 Å². The molecule has 0 saturated carbocycles. The normalized spacial score (nSPS) is 11.2. The summed E-state index contributed by atoms with van der Waals surface area (Å²) < 4.78 is 4.97. The lowest BCUT2D eigenvalue weighted by molar-refractivity contribution is -0.137. The zero-order valence-corrected chi connectivity index (χ0v) is 18.2. The predicted octanol–water partition coefficient (Wildman–Crippen LogP) is 7.27. The van der Waals surface area contributed by atoms with Gasteiger partial charge in [0.05, 0.1) is 6.61 Å². The highest BCUT2D eigenvalue weighted by Crippen LogP contribution is 2.19. The number of ether oxygens (including phenoxy) is 1. The molecule has 0 rings (SSSR count). The molecule has 0 bridgehead atoms. The maximum absolute atomic E-state index is 11.7. The lowest BCUT2D eigenvalue weighted by Gasteiger charge is -2.08. The third-order valence-corrected chi connectivity index (χ3v) is 4.95. The molecule has 3 heteroatoms. The molecular weight excluding hydrogens is 348 g/mol. The van der Waals surface area contributed by atoms with Gasteiger partial charge in [0.2, 0.25) is 0 Å². The van der Waals surface area contributed by atoms with Crippen molar-refractivity contribution in [2.45, 2.75) is 103 Å². The fourth-order valence-electron chi connectivity index (χ4n) is 3.23. The summed E-state index contributed by atoms with van der Waals surface area (Å²) in [4.78, 5) is 22.6. The molecule has 0 fully saturated rings. The van der Waals surface area contributed by atoms with Gasteiger partial charge in [-0.25, -0.2) is 4.79 Å². The third-order valence-electron chi connectivity index (χ3n) is 4.95. The zero-order valence-electron chi connectivity index (χ0n) is 18.2. The van der Waals surface area contributed by atoms with E-state index in [0.29, 0.717) is 6.61 Å². The summed E-state index contributed by atoms with van der Waals surface area (Å²) >= 11 is 0. The average Bonchev–Trinajstić information content (AvgIpc) is 2.70. The number of unbranched alkanes of at least 4 members (excludes halogenated alkanes) is 11. The monoisotopic (exact) mass is 390 g/mol. The van der Waals surface area contributed by atoms with E-state index < -0.39 is 0 Å². The van der Waals surface area contributed by atoms with Crippen molar-refractivity contribution in [2.24, 2.45) is 0 Å². The van der Waals surface area contributed by atoms with Gasteiger partial charge in [-0.1, -0.05) is 89.9 Å². The van der Waals surface area contributed by atoms with Crippen molar-refractivity contribution in [2.75, 3.05) is 6.61 Å². The Hall–Kier alpha value is -1.64. The van der Waals surface area contributed by atoms with E-state index in [2.05, 4.69) is 20.1 Å². The Morgan fingerprint density at radius 3 is 1.71 bits per heavy atom. The summed E-state index contributed by atoms with van der Waals surface area (Å²) in [6.45, 7) is 9.69. The topological polar surface area (TPSA) is 43.4 Å². The van der Waals surface area contributed by atoms with Crippen LogP contribution in [-0.2, 0) is 14.3 Å². The maximum Gasteiger partial charge on any atom is 0.330 e. The molecule has 0 aliphatic rings. The number of carbonyl (C=O) groups excluding carboxylic acids is 2. The Balaban J connectivity index is 3.84. The van der Waals surface area contributed by atoms with Gasteiger partial charge in [0.1, 0.15) is 0 Å². The van der Waals surface area contributed by atoms with Crippen LogP contribution in [-0.4, -0.2) is 18.4 Å². The minimum absolute atomic E-state index is 0.0343. The van der Waals surface area contributed by atoms with E-state index in [1.807, 2.05) is 0 Å².